The molecular formula is C21H22BrN3O2. The molecule has 3 aromatic rings. The molecule has 140 valence electrons. The molecule has 6 heteroatoms. The number of rotatable bonds is 6. The van der Waals surface area contributed by atoms with Crippen LogP contribution in [0, 0.1) is 0 Å². The van der Waals surface area contributed by atoms with Crippen molar-refractivity contribution in [2.24, 2.45) is 0 Å². The molecule has 27 heavy (non-hydrogen) atoms. The van der Waals surface area contributed by atoms with E-state index in [1.54, 1.807) is 12.1 Å². The van der Waals surface area contributed by atoms with E-state index in [0.717, 1.165) is 34.1 Å². The predicted molar refractivity (Wildman–Crippen MR) is 112 cm³/mol. The normalized spacial score (nSPS) is 10.9. The maximum absolute atomic E-state index is 12.6. The fourth-order valence-corrected chi connectivity index (χ4v) is 3.48. The van der Waals surface area contributed by atoms with Crippen LogP contribution in [0.3, 0.4) is 0 Å². The van der Waals surface area contributed by atoms with Gasteiger partial charge in [-0.2, -0.15) is 0 Å². The molecule has 0 spiro atoms. The molecule has 1 heterocycles. The number of hydrogen-bond donors (Lipinski definition) is 1. The van der Waals surface area contributed by atoms with Crippen molar-refractivity contribution in [2.45, 2.75) is 39.7 Å². The van der Waals surface area contributed by atoms with Crippen LogP contribution in [0.1, 0.15) is 31.4 Å². The number of carbonyl (C=O) groups excluding carboxylic acids is 1. The molecular weight excluding hydrogens is 406 g/mol. The first-order valence-corrected chi connectivity index (χ1v) is 9.88. The van der Waals surface area contributed by atoms with Crippen LogP contribution < -0.4 is 10.9 Å². The third-order valence-corrected chi connectivity index (χ3v) is 5.12. The number of carbonyl (C=O) groups is 1. The lowest BCUT2D eigenvalue weighted by Crippen LogP contribution is -2.24. The van der Waals surface area contributed by atoms with Crippen molar-refractivity contribution in [3.63, 3.8) is 0 Å². The number of halogens is 1. The van der Waals surface area contributed by atoms with Gasteiger partial charge in [0.2, 0.25) is 5.91 Å². The first kappa shape index (κ1) is 19.3. The van der Waals surface area contributed by atoms with E-state index in [0.29, 0.717) is 10.9 Å². The Morgan fingerprint density at radius 3 is 2.52 bits per heavy atom. The van der Waals surface area contributed by atoms with Crippen molar-refractivity contribution in [3.8, 4) is 0 Å². The molecule has 0 aliphatic rings. The molecule has 1 amide bonds. The molecule has 0 aliphatic carbocycles. The molecule has 0 radical (unpaired) electrons. The summed E-state index contributed by atoms with van der Waals surface area (Å²) in [7, 11) is 0. The van der Waals surface area contributed by atoms with Gasteiger partial charge in [-0.3, -0.25) is 14.2 Å². The fraction of sp³-hybridized carbons (Fsp3) is 0.286. The van der Waals surface area contributed by atoms with E-state index in [-0.39, 0.29) is 24.4 Å². The number of fused-ring (bicyclic) bond motifs is 1. The third-order valence-electron chi connectivity index (χ3n) is 4.63. The van der Waals surface area contributed by atoms with Crippen LogP contribution in [0.5, 0.6) is 0 Å². The highest BCUT2D eigenvalue weighted by molar-refractivity contribution is 9.10. The Morgan fingerprint density at radius 1 is 1.15 bits per heavy atom. The molecule has 0 saturated heterocycles. The average molecular weight is 428 g/mol. The quantitative estimate of drug-likeness (QED) is 0.637. The number of anilines is 1. The van der Waals surface area contributed by atoms with E-state index in [2.05, 4.69) is 40.1 Å². The Morgan fingerprint density at radius 2 is 1.85 bits per heavy atom. The molecule has 1 N–H and O–H groups in total. The van der Waals surface area contributed by atoms with Gasteiger partial charge in [0.15, 0.2) is 0 Å². The highest BCUT2D eigenvalue weighted by Crippen LogP contribution is 2.22. The van der Waals surface area contributed by atoms with Crippen molar-refractivity contribution in [3.05, 3.63) is 68.7 Å². The smallest absolute Gasteiger partial charge is 0.261 e. The lowest BCUT2D eigenvalue weighted by Gasteiger charge is -2.14. The van der Waals surface area contributed by atoms with Crippen LogP contribution in [0.25, 0.3) is 10.9 Å². The minimum Gasteiger partial charge on any atom is -0.326 e. The van der Waals surface area contributed by atoms with Gasteiger partial charge in [-0.05, 0) is 42.2 Å². The van der Waals surface area contributed by atoms with Crippen molar-refractivity contribution in [1.29, 1.82) is 0 Å². The zero-order valence-corrected chi connectivity index (χ0v) is 17.0. The van der Waals surface area contributed by atoms with Crippen LogP contribution in [-0.2, 0) is 24.2 Å². The second-order valence-corrected chi connectivity index (χ2v) is 7.28. The third kappa shape index (κ3) is 4.27. The molecule has 2 aromatic carbocycles. The van der Waals surface area contributed by atoms with Gasteiger partial charge in [0.05, 0.1) is 17.2 Å². The number of nitrogens with zero attached hydrogens (tertiary/aromatic N) is 2. The molecule has 1 aromatic heterocycles. The summed E-state index contributed by atoms with van der Waals surface area (Å²) in [5, 5.41) is 3.57. The summed E-state index contributed by atoms with van der Waals surface area (Å²) < 4.78 is 2.31. The van der Waals surface area contributed by atoms with Crippen LogP contribution in [-0.4, -0.2) is 15.5 Å². The van der Waals surface area contributed by atoms with Gasteiger partial charge in [0.25, 0.3) is 5.56 Å². The van der Waals surface area contributed by atoms with E-state index in [1.807, 2.05) is 24.3 Å². The number of aryl methyl sites for hydroxylation is 3. The van der Waals surface area contributed by atoms with Gasteiger partial charge in [-0.1, -0.05) is 48.0 Å². The second-order valence-electron chi connectivity index (χ2n) is 6.36. The van der Waals surface area contributed by atoms with Crippen molar-refractivity contribution in [1.82, 2.24) is 9.55 Å². The first-order valence-electron chi connectivity index (χ1n) is 9.08. The Balaban J connectivity index is 1.76. The molecule has 0 fully saturated rings. The highest BCUT2D eigenvalue weighted by Gasteiger charge is 2.11. The zero-order valence-electron chi connectivity index (χ0n) is 15.5. The summed E-state index contributed by atoms with van der Waals surface area (Å²) in [6.45, 7) is 4.43. The topological polar surface area (TPSA) is 64.0 Å². The van der Waals surface area contributed by atoms with Gasteiger partial charge in [-0.25, -0.2) is 4.98 Å². The van der Waals surface area contributed by atoms with E-state index in [9.17, 15) is 9.59 Å². The maximum Gasteiger partial charge on any atom is 0.261 e. The van der Waals surface area contributed by atoms with E-state index in [4.69, 9.17) is 0 Å². The van der Waals surface area contributed by atoms with E-state index in [1.165, 1.54) is 10.9 Å². The maximum atomic E-state index is 12.6. The SMILES string of the molecule is CCc1cccc(CC)c1NC(=O)CCn1cnc2ccc(Br)cc2c1=O. The summed E-state index contributed by atoms with van der Waals surface area (Å²) in [6.07, 6.45) is 3.42. The summed E-state index contributed by atoms with van der Waals surface area (Å²) in [5.74, 6) is -0.105. The lowest BCUT2D eigenvalue weighted by molar-refractivity contribution is -0.116. The standard InChI is InChI=1S/C21H22BrN3O2/c1-3-14-6-5-7-15(4-2)20(14)24-19(26)10-11-25-13-23-18-9-8-16(22)12-17(18)21(25)27/h5-9,12-13H,3-4,10-11H2,1-2H3,(H,24,26). The zero-order chi connectivity index (χ0) is 19.4. The number of nitrogens with one attached hydrogen (secondary N) is 1. The minimum atomic E-state index is -0.141. The van der Waals surface area contributed by atoms with E-state index >= 15 is 0 Å². The van der Waals surface area contributed by atoms with Crippen molar-refractivity contribution < 1.29 is 4.79 Å². The monoisotopic (exact) mass is 427 g/mol. The summed E-state index contributed by atoms with van der Waals surface area (Å²) >= 11 is 3.38. The number of benzene rings is 2. The molecule has 0 saturated carbocycles. The van der Waals surface area contributed by atoms with Gasteiger partial charge < -0.3 is 5.32 Å². The molecule has 3 rings (SSSR count). The van der Waals surface area contributed by atoms with Gasteiger partial charge in [-0.15, -0.1) is 0 Å². The fourth-order valence-electron chi connectivity index (χ4n) is 3.12. The number of hydrogen-bond acceptors (Lipinski definition) is 3. The van der Waals surface area contributed by atoms with Crippen LogP contribution in [0.15, 0.2) is 52.0 Å². The highest BCUT2D eigenvalue weighted by atomic mass is 79.9. The second kappa shape index (κ2) is 8.48. The van der Waals surface area contributed by atoms with Crippen LogP contribution in [0.4, 0.5) is 5.69 Å². The number of amides is 1. The summed E-state index contributed by atoms with van der Waals surface area (Å²) in [4.78, 5) is 29.4. The Labute approximate surface area is 166 Å². The minimum absolute atomic E-state index is 0.105. The van der Waals surface area contributed by atoms with Crippen molar-refractivity contribution in [2.75, 3.05) is 5.32 Å². The largest absolute Gasteiger partial charge is 0.326 e. The lowest BCUT2D eigenvalue weighted by atomic mass is 10.0. The van der Waals surface area contributed by atoms with Crippen LogP contribution in [0.2, 0.25) is 0 Å². The predicted octanol–water partition coefficient (Wildman–Crippen LogP) is 4.31. The average Bonchev–Trinajstić information content (AvgIpc) is 2.68. The molecule has 0 unspecified atom stereocenters. The molecule has 0 aliphatic heterocycles. The van der Waals surface area contributed by atoms with Gasteiger partial charge in [0.1, 0.15) is 0 Å². The summed E-state index contributed by atoms with van der Waals surface area (Å²) in [5.41, 5.74) is 3.65. The number of aromatic nitrogens is 2. The van der Waals surface area contributed by atoms with Gasteiger partial charge in [0, 0.05) is 23.1 Å². The first-order chi connectivity index (χ1) is 13.0. The van der Waals surface area contributed by atoms with Crippen molar-refractivity contribution >= 4 is 38.4 Å². The Kier molecular flexibility index (Phi) is 6.06. The molecule has 0 bridgehead atoms. The Bertz CT molecular complexity index is 1020. The molecule has 0 atom stereocenters. The molecule has 5 nitrogen and oxygen atoms in total. The summed E-state index contributed by atoms with van der Waals surface area (Å²) in [6, 6.07) is 11.5. The Hall–Kier alpha value is -2.47. The van der Waals surface area contributed by atoms with Crippen LogP contribution >= 0.6 is 15.9 Å². The van der Waals surface area contributed by atoms with E-state index < -0.39 is 0 Å². The van der Waals surface area contributed by atoms with Gasteiger partial charge >= 0.3 is 0 Å². The number of para-hydroxylation sites is 1.